The van der Waals surface area contributed by atoms with Gasteiger partial charge in [0.15, 0.2) is 0 Å². The van der Waals surface area contributed by atoms with E-state index in [2.05, 4.69) is 10.6 Å². The van der Waals surface area contributed by atoms with Crippen molar-refractivity contribution in [2.75, 3.05) is 6.54 Å². The van der Waals surface area contributed by atoms with Crippen LogP contribution < -0.4 is 4.72 Å². The summed E-state index contributed by atoms with van der Waals surface area (Å²) in [5.41, 5.74) is 0. The lowest BCUT2D eigenvalue weighted by Gasteiger charge is -2.06. The number of rotatable bonds is 5. The van der Waals surface area contributed by atoms with Crippen molar-refractivity contribution < 1.29 is 16.8 Å². The van der Waals surface area contributed by atoms with E-state index in [0.29, 0.717) is 0 Å². The molecule has 1 aromatic rings. The maximum absolute atomic E-state index is 11.8. The van der Waals surface area contributed by atoms with Crippen molar-refractivity contribution in [3.05, 3.63) is 24.3 Å². The second kappa shape index (κ2) is 5.71. The summed E-state index contributed by atoms with van der Waals surface area (Å²) < 4.78 is 48.0. The molecule has 5 nitrogen and oxygen atoms in total. The number of terminal acetylenes is 1. The van der Waals surface area contributed by atoms with Gasteiger partial charge in [0.25, 0.3) is 9.05 Å². The smallest absolute Gasteiger partial charge is 0.210 e. The maximum atomic E-state index is 11.8. The highest BCUT2D eigenvalue weighted by atomic mass is 35.7. The van der Waals surface area contributed by atoms with Crippen molar-refractivity contribution in [2.24, 2.45) is 0 Å². The highest BCUT2D eigenvalue weighted by Gasteiger charge is 2.17. The van der Waals surface area contributed by atoms with Crippen LogP contribution in [-0.4, -0.2) is 23.4 Å². The predicted octanol–water partition coefficient (Wildman–Crippen LogP) is 0.916. The Bertz CT molecular complexity index is 674. The van der Waals surface area contributed by atoms with Crippen molar-refractivity contribution in [2.45, 2.75) is 16.2 Å². The zero-order chi connectivity index (χ0) is 13.8. The van der Waals surface area contributed by atoms with Crippen molar-refractivity contribution in [1.82, 2.24) is 4.72 Å². The molecule has 0 bridgehead atoms. The van der Waals surface area contributed by atoms with Crippen molar-refractivity contribution >= 4 is 29.8 Å². The van der Waals surface area contributed by atoms with Gasteiger partial charge in [-0.25, -0.2) is 21.6 Å². The highest BCUT2D eigenvalue weighted by molar-refractivity contribution is 8.13. The molecular weight excluding hydrogens is 298 g/mol. The van der Waals surface area contributed by atoms with Gasteiger partial charge in [-0.3, -0.25) is 0 Å². The molecular formula is C10H10ClNO4S2. The number of nitrogens with one attached hydrogen (secondary N) is 1. The Morgan fingerprint density at radius 1 is 1.22 bits per heavy atom. The standard InChI is InChI=1S/C10H10ClNO4S2/c1-2-3-7-12-18(15,16)10-6-4-5-9(8-10)17(11,13)14/h1,4-6,8,12H,3,7H2. The molecule has 0 aromatic heterocycles. The van der Waals surface area contributed by atoms with Crippen molar-refractivity contribution in [3.63, 3.8) is 0 Å². The first-order valence-electron chi connectivity index (χ1n) is 4.75. The lowest BCUT2D eigenvalue weighted by Crippen LogP contribution is -2.24. The summed E-state index contributed by atoms with van der Waals surface area (Å²) in [6, 6.07) is 4.76. The second-order valence-corrected chi connectivity index (χ2v) is 7.60. The van der Waals surface area contributed by atoms with Gasteiger partial charge < -0.3 is 0 Å². The fraction of sp³-hybridized carbons (Fsp3) is 0.200. The zero-order valence-electron chi connectivity index (χ0n) is 9.13. The quantitative estimate of drug-likeness (QED) is 0.498. The molecule has 1 aromatic carbocycles. The van der Waals surface area contributed by atoms with Crippen LogP contribution in [0.2, 0.25) is 0 Å². The molecule has 0 heterocycles. The Labute approximate surface area is 111 Å². The molecule has 0 atom stereocenters. The molecule has 18 heavy (non-hydrogen) atoms. The van der Waals surface area contributed by atoms with E-state index >= 15 is 0 Å². The lowest BCUT2D eigenvalue weighted by molar-refractivity contribution is 0.582. The van der Waals surface area contributed by atoms with Crippen LogP contribution in [0.3, 0.4) is 0 Å². The van der Waals surface area contributed by atoms with E-state index in [9.17, 15) is 16.8 Å². The largest absolute Gasteiger partial charge is 0.261 e. The summed E-state index contributed by atoms with van der Waals surface area (Å²) >= 11 is 0. The molecule has 0 amide bonds. The molecule has 0 unspecified atom stereocenters. The van der Waals surface area contributed by atoms with Gasteiger partial charge in [0.05, 0.1) is 9.79 Å². The molecule has 0 aliphatic heterocycles. The van der Waals surface area contributed by atoms with Gasteiger partial charge in [-0.05, 0) is 18.2 Å². The van der Waals surface area contributed by atoms with E-state index in [0.717, 1.165) is 6.07 Å². The van der Waals surface area contributed by atoms with Gasteiger partial charge in [-0.2, -0.15) is 0 Å². The molecule has 1 rings (SSSR count). The summed E-state index contributed by atoms with van der Waals surface area (Å²) in [5, 5.41) is 0. The molecule has 0 saturated carbocycles. The zero-order valence-corrected chi connectivity index (χ0v) is 11.5. The van der Waals surface area contributed by atoms with Crippen LogP contribution in [0, 0.1) is 12.3 Å². The highest BCUT2D eigenvalue weighted by Crippen LogP contribution is 2.18. The van der Waals surface area contributed by atoms with Crippen LogP contribution in [0.25, 0.3) is 0 Å². The Kier molecular flexibility index (Phi) is 4.76. The summed E-state index contributed by atoms with van der Waals surface area (Å²) in [5.74, 6) is 2.28. The van der Waals surface area contributed by atoms with Gasteiger partial charge in [0.2, 0.25) is 10.0 Å². The van der Waals surface area contributed by atoms with E-state index in [1.165, 1.54) is 18.2 Å². The number of hydrogen-bond donors (Lipinski definition) is 1. The van der Waals surface area contributed by atoms with Crippen LogP contribution in [0.4, 0.5) is 0 Å². The summed E-state index contributed by atoms with van der Waals surface area (Å²) in [7, 11) is -2.61. The Morgan fingerprint density at radius 3 is 2.39 bits per heavy atom. The fourth-order valence-electron chi connectivity index (χ4n) is 1.13. The van der Waals surface area contributed by atoms with E-state index < -0.39 is 19.1 Å². The number of hydrogen-bond acceptors (Lipinski definition) is 4. The number of halogens is 1. The van der Waals surface area contributed by atoms with Gasteiger partial charge >= 0.3 is 0 Å². The number of sulfonamides is 1. The number of benzene rings is 1. The van der Waals surface area contributed by atoms with Gasteiger partial charge in [-0.15, -0.1) is 12.3 Å². The van der Waals surface area contributed by atoms with Crippen LogP contribution in [0.15, 0.2) is 34.1 Å². The van der Waals surface area contributed by atoms with Gasteiger partial charge in [0, 0.05) is 23.6 Å². The fourth-order valence-corrected chi connectivity index (χ4v) is 3.08. The van der Waals surface area contributed by atoms with Crippen LogP contribution in [0.1, 0.15) is 6.42 Å². The first kappa shape index (κ1) is 15.0. The average molecular weight is 308 g/mol. The first-order valence-corrected chi connectivity index (χ1v) is 8.54. The topological polar surface area (TPSA) is 80.3 Å². The summed E-state index contributed by atoms with van der Waals surface area (Å²) in [6.07, 6.45) is 5.24. The Morgan fingerprint density at radius 2 is 1.83 bits per heavy atom. The molecule has 0 aliphatic rings. The average Bonchev–Trinajstić information content (AvgIpc) is 2.28. The Balaban J connectivity index is 3.08. The molecule has 98 valence electrons. The molecule has 0 radical (unpaired) electrons. The van der Waals surface area contributed by atoms with E-state index in [1.54, 1.807) is 0 Å². The lowest BCUT2D eigenvalue weighted by atomic mass is 10.4. The van der Waals surface area contributed by atoms with E-state index in [4.69, 9.17) is 17.1 Å². The SMILES string of the molecule is C#CCCNS(=O)(=O)c1cccc(S(=O)(=O)Cl)c1. The van der Waals surface area contributed by atoms with E-state index in [1.807, 2.05) is 0 Å². The van der Waals surface area contributed by atoms with Gasteiger partial charge in [0.1, 0.15) is 0 Å². The van der Waals surface area contributed by atoms with Crippen molar-refractivity contribution in [3.8, 4) is 12.3 Å². The van der Waals surface area contributed by atoms with Gasteiger partial charge in [-0.1, -0.05) is 6.07 Å². The first-order chi connectivity index (χ1) is 8.27. The molecule has 0 saturated heterocycles. The van der Waals surface area contributed by atoms with E-state index in [-0.39, 0.29) is 22.8 Å². The second-order valence-electron chi connectivity index (χ2n) is 3.26. The normalized spacial score (nSPS) is 12.0. The molecule has 0 fully saturated rings. The maximum Gasteiger partial charge on any atom is 0.261 e. The Hall–Kier alpha value is -1.07. The minimum absolute atomic E-state index is 0.0800. The molecule has 0 spiro atoms. The summed E-state index contributed by atoms with van der Waals surface area (Å²) in [6.45, 7) is 0.0800. The third-order valence-electron chi connectivity index (χ3n) is 1.96. The molecule has 1 N–H and O–H groups in total. The molecule has 8 heteroatoms. The van der Waals surface area contributed by atoms with Crippen molar-refractivity contribution in [1.29, 1.82) is 0 Å². The molecule has 0 aliphatic carbocycles. The van der Waals surface area contributed by atoms with Crippen LogP contribution >= 0.6 is 10.7 Å². The third-order valence-corrected chi connectivity index (χ3v) is 4.77. The monoisotopic (exact) mass is 307 g/mol. The predicted molar refractivity (Wildman–Crippen MR) is 68.1 cm³/mol. The van der Waals surface area contributed by atoms with Crippen LogP contribution in [0.5, 0.6) is 0 Å². The third kappa shape index (κ3) is 3.99. The van der Waals surface area contributed by atoms with Crippen LogP contribution in [-0.2, 0) is 19.1 Å². The summed E-state index contributed by atoms with van der Waals surface area (Å²) in [4.78, 5) is -0.453. The minimum atomic E-state index is -3.96. The minimum Gasteiger partial charge on any atom is -0.210 e.